The molecule has 1 amide bonds. The van der Waals surface area contributed by atoms with Gasteiger partial charge in [0.2, 0.25) is 15.9 Å². The van der Waals surface area contributed by atoms with E-state index in [1.165, 1.54) is 0 Å². The second-order valence-electron chi connectivity index (χ2n) is 10.4. The summed E-state index contributed by atoms with van der Waals surface area (Å²) in [6, 6.07) is 25.2. The summed E-state index contributed by atoms with van der Waals surface area (Å²) in [4.78, 5) is 12.6. The Kier molecular flexibility index (Phi) is 7.63. The van der Waals surface area contributed by atoms with Crippen molar-refractivity contribution in [3.05, 3.63) is 101 Å². The van der Waals surface area contributed by atoms with Gasteiger partial charge in [0.1, 0.15) is 6.10 Å². The number of aliphatic hydroxyl groups excluding tert-OH is 1. The molecule has 1 fully saturated rings. The summed E-state index contributed by atoms with van der Waals surface area (Å²) in [7, 11) is -3.61. The Balaban J connectivity index is 1.29. The summed E-state index contributed by atoms with van der Waals surface area (Å²) in [6.07, 6.45) is 1.13. The van der Waals surface area contributed by atoms with Crippen LogP contribution in [0.4, 0.5) is 0 Å². The quantitative estimate of drug-likeness (QED) is 0.272. The zero-order chi connectivity index (χ0) is 28.5. The zero-order valence-electron chi connectivity index (χ0n) is 22.6. The molecule has 2 N–H and O–H groups in total. The highest BCUT2D eigenvalue weighted by Gasteiger charge is 2.52. The van der Waals surface area contributed by atoms with Crippen LogP contribution < -0.4 is 4.72 Å². The molecule has 40 heavy (non-hydrogen) atoms. The predicted molar refractivity (Wildman–Crippen MR) is 152 cm³/mol. The van der Waals surface area contributed by atoms with Gasteiger partial charge in [-0.1, -0.05) is 84.0 Å². The highest BCUT2D eigenvalue weighted by molar-refractivity contribution is 7.89. The van der Waals surface area contributed by atoms with Crippen LogP contribution in [0.25, 0.3) is 22.5 Å². The number of rotatable bonds is 10. The summed E-state index contributed by atoms with van der Waals surface area (Å²) in [6.45, 7) is 3.84. The monoisotopic (exact) mass is 560 g/mol. The molecule has 8 nitrogen and oxygen atoms in total. The largest absolute Gasteiger partial charge is 0.386 e. The lowest BCUT2D eigenvalue weighted by Gasteiger charge is -2.17. The van der Waals surface area contributed by atoms with Crippen molar-refractivity contribution in [3.63, 3.8) is 0 Å². The zero-order valence-corrected chi connectivity index (χ0v) is 23.4. The van der Waals surface area contributed by atoms with Gasteiger partial charge in [0.25, 0.3) is 0 Å². The number of benzene rings is 3. The topological polar surface area (TPSA) is 119 Å². The molecule has 0 bridgehead atoms. The number of carbonyl (C=O) groups excluding carboxylic acids is 1. The van der Waals surface area contributed by atoms with E-state index in [1.807, 2.05) is 85.8 Å². The van der Waals surface area contributed by atoms with Crippen molar-refractivity contribution >= 4 is 15.9 Å². The summed E-state index contributed by atoms with van der Waals surface area (Å²) >= 11 is 0. The SMILES string of the molecule is Cc1noc(-c2ccc(-c3ccc(C4(C(=O)NS(C)(=O)=O)CC4)cc3)cc2)c1C(O)COC(C)c1ccccc1. The molecule has 3 aromatic carbocycles. The highest BCUT2D eigenvalue weighted by Crippen LogP contribution is 2.48. The number of nitrogens with zero attached hydrogens (tertiary/aromatic N) is 1. The average molecular weight is 561 g/mol. The standard InChI is InChI=1S/C31H32N2O6S/c1-20-28(27(34)19-38-21(2)22-7-5-4-6-8-22)29(39-32-20)25-11-9-23(10-12-25)24-13-15-26(16-14-24)31(17-18-31)30(35)33-40(3,36)37/h4-16,21,27,34H,17-19H2,1-3H3,(H,33,35). The Labute approximate surface area is 234 Å². The molecule has 0 radical (unpaired) electrons. The van der Waals surface area contributed by atoms with Gasteiger partial charge in [-0.3, -0.25) is 9.52 Å². The van der Waals surface area contributed by atoms with Crippen LogP contribution in [0, 0.1) is 6.92 Å². The first-order valence-electron chi connectivity index (χ1n) is 13.1. The van der Waals surface area contributed by atoms with E-state index in [1.54, 1.807) is 6.92 Å². The minimum Gasteiger partial charge on any atom is -0.386 e. The second-order valence-corrected chi connectivity index (χ2v) is 12.1. The van der Waals surface area contributed by atoms with Crippen molar-refractivity contribution in [1.82, 2.24) is 9.88 Å². The summed E-state index contributed by atoms with van der Waals surface area (Å²) < 4.78 is 36.7. The first-order chi connectivity index (χ1) is 19.1. The van der Waals surface area contributed by atoms with Gasteiger partial charge in [-0.2, -0.15) is 0 Å². The maximum atomic E-state index is 12.6. The first kappa shape index (κ1) is 27.8. The number of hydrogen-bond donors (Lipinski definition) is 2. The van der Waals surface area contributed by atoms with Gasteiger partial charge in [-0.05, 0) is 48.9 Å². The van der Waals surface area contributed by atoms with Crippen molar-refractivity contribution in [2.24, 2.45) is 0 Å². The van der Waals surface area contributed by atoms with E-state index < -0.39 is 27.4 Å². The van der Waals surface area contributed by atoms with Gasteiger partial charge in [0.05, 0.1) is 35.6 Å². The maximum absolute atomic E-state index is 12.6. The van der Waals surface area contributed by atoms with Crippen molar-refractivity contribution < 1.29 is 27.6 Å². The van der Waals surface area contributed by atoms with E-state index in [9.17, 15) is 18.3 Å². The number of amides is 1. The van der Waals surface area contributed by atoms with E-state index in [-0.39, 0.29) is 12.7 Å². The number of aryl methyl sites for hydroxylation is 1. The summed E-state index contributed by atoms with van der Waals surface area (Å²) in [5, 5.41) is 15.1. The van der Waals surface area contributed by atoms with Crippen LogP contribution in [-0.2, 0) is 25.0 Å². The molecule has 5 rings (SSSR count). The van der Waals surface area contributed by atoms with Gasteiger partial charge in [-0.15, -0.1) is 0 Å². The van der Waals surface area contributed by atoms with E-state index in [2.05, 4.69) is 9.88 Å². The molecule has 1 aromatic heterocycles. The molecule has 0 aliphatic heterocycles. The fourth-order valence-corrected chi connectivity index (χ4v) is 5.48. The Hall–Kier alpha value is -3.79. The van der Waals surface area contributed by atoms with Crippen LogP contribution in [-0.4, -0.2) is 37.5 Å². The van der Waals surface area contributed by atoms with Crippen LogP contribution >= 0.6 is 0 Å². The molecule has 208 valence electrons. The van der Waals surface area contributed by atoms with Crippen LogP contribution in [0.3, 0.4) is 0 Å². The second kappa shape index (κ2) is 11.0. The Morgan fingerprint density at radius 3 is 2.15 bits per heavy atom. The van der Waals surface area contributed by atoms with Gasteiger partial charge >= 0.3 is 0 Å². The predicted octanol–water partition coefficient (Wildman–Crippen LogP) is 5.24. The maximum Gasteiger partial charge on any atom is 0.244 e. The van der Waals surface area contributed by atoms with E-state index in [4.69, 9.17) is 9.26 Å². The van der Waals surface area contributed by atoms with E-state index in [0.717, 1.165) is 34.1 Å². The molecule has 9 heteroatoms. The van der Waals surface area contributed by atoms with Crippen LogP contribution in [0.5, 0.6) is 0 Å². The number of aliphatic hydroxyl groups is 1. The molecule has 0 saturated heterocycles. The third kappa shape index (κ3) is 5.86. The molecule has 1 aliphatic carbocycles. The van der Waals surface area contributed by atoms with Gasteiger partial charge in [-0.25, -0.2) is 8.42 Å². The Bertz CT molecular complexity index is 1590. The summed E-state index contributed by atoms with van der Waals surface area (Å²) in [5.41, 5.74) is 4.94. The Morgan fingerprint density at radius 1 is 1.00 bits per heavy atom. The fourth-order valence-electron chi connectivity index (χ4n) is 4.95. The first-order valence-corrected chi connectivity index (χ1v) is 15.0. The molecular weight excluding hydrogens is 528 g/mol. The minimum atomic E-state index is -3.61. The lowest BCUT2D eigenvalue weighted by Crippen LogP contribution is -2.38. The molecule has 0 spiro atoms. The molecule has 4 aromatic rings. The van der Waals surface area contributed by atoms with Crippen molar-refractivity contribution in [2.45, 2.75) is 44.3 Å². The van der Waals surface area contributed by atoms with Crippen molar-refractivity contribution in [2.75, 3.05) is 12.9 Å². The van der Waals surface area contributed by atoms with E-state index >= 15 is 0 Å². The van der Waals surface area contributed by atoms with Crippen LogP contribution in [0.2, 0.25) is 0 Å². The summed E-state index contributed by atoms with van der Waals surface area (Å²) in [5.74, 6) is 0.0165. The Morgan fingerprint density at radius 2 is 1.57 bits per heavy atom. The third-order valence-electron chi connectivity index (χ3n) is 7.40. The van der Waals surface area contributed by atoms with Gasteiger partial charge in [0, 0.05) is 5.56 Å². The highest BCUT2D eigenvalue weighted by atomic mass is 32.2. The van der Waals surface area contributed by atoms with Crippen molar-refractivity contribution in [1.29, 1.82) is 0 Å². The molecule has 2 atom stereocenters. The van der Waals surface area contributed by atoms with Crippen molar-refractivity contribution in [3.8, 4) is 22.5 Å². The van der Waals surface area contributed by atoms with Gasteiger partial charge in [0.15, 0.2) is 5.76 Å². The third-order valence-corrected chi connectivity index (χ3v) is 7.95. The lowest BCUT2D eigenvalue weighted by atomic mass is 9.93. The molecule has 1 heterocycles. The minimum absolute atomic E-state index is 0.0965. The molecule has 2 unspecified atom stereocenters. The van der Waals surface area contributed by atoms with Gasteiger partial charge < -0.3 is 14.4 Å². The lowest BCUT2D eigenvalue weighted by molar-refractivity contribution is -0.121. The molecule has 1 saturated carbocycles. The van der Waals surface area contributed by atoms with E-state index in [0.29, 0.717) is 29.9 Å². The smallest absolute Gasteiger partial charge is 0.244 e. The normalized spacial score (nSPS) is 15.8. The number of nitrogens with one attached hydrogen (secondary N) is 1. The number of ether oxygens (including phenoxy) is 1. The average Bonchev–Trinajstić information content (AvgIpc) is 3.67. The van der Waals surface area contributed by atoms with Crippen LogP contribution in [0.1, 0.15) is 54.4 Å². The fraction of sp³-hybridized carbons (Fsp3) is 0.290. The number of hydrogen-bond acceptors (Lipinski definition) is 7. The molecule has 1 aliphatic rings. The van der Waals surface area contributed by atoms with Crippen LogP contribution in [0.15, 0.2) is 83.4 Å². The number of aromatic nitrogens is 1. The number of sulfonamides is 1. The molecular formula is C31H32N2O6S. The number of carbonyl (C=O) groups is 1.